The second-order valence-electron chi connectivity index (χ2n) is 4.75. The van der Waals surface area contributed by atoms with Crippen molar-refractivity contribution in [3.63, 3.8) is 0 Å². The van der Waals surface area contributed by atoms with Crippen LogP contribution in [0.3, 0.4) is 0 Å². The van der Waals surface area contributed by atoms with Crippen LogP contribution in [0.2, 0.25) is 0 Å². The van der Waals surface area contributed by atoms with Crippen LogP contribution >= 0.6 is 0 Å². The lowest BCUT2D eigenvalue weighted by Crippen LogP contribution is -2.37. The second kappa shape index (κ2) is 5.82. The number of hydrogen-bond donors (Lipinski definition) is 0. The molecule has 19 heavy (non-hydrogen) atoms. The molecule has 0 saturated carbocycles. The molecule has 0 amide bonds. The van der Waals surface area contributed by atoms with E-state index in [1.807, 2.05) is 18.2 Å². The average Bonchev–Trinajstić information content (AvgIpc) is 2.79. The molecule has 100 valence electrons. The first-order chi connectivity index (χ1) is 9.16. The number of unbranched alkanes of at least 4 members (excludes halogenated alkanes) is 1. The van der Waals surface area contributed by atoms with Gasteiger partial charge >= 0.3 is 18.5 Å². The molecule has 0 radical (unpaired) electrons. The Morgan fingerprint density at radius 3 is 2.37 bits per heavy atom. The van der Waals surface area contributed by atoms with Crippen molar-refractivity contribution >= 4 is 18.5 Å². The monoisotopic (exact) mass is 260 g/mol. The molecule has 0 aromatic carbocycles. The van der Waals surface area contributed by atoms with Gasteiger partial charge in [0.1, 0.15) is 12.8 Å². The highest BCUT2D eigenvalue weighted by Gasteiger charge is 2.62. The number of allylic oxidation sites excluding steroid dienone is 5. The van der Waals surface area contributed by atoms with Gasteiger partial charge in [-0.1, -0.05) is 43.7 Å². The Morgan fingerprint density at radius 1 is 1.11 bits per heavy atom. The highest BCUT2D eigenvalue weighted by Crippen LogP contribution is 2.40. The summed E-state index contributed by atoms with van der Waals surface area (Å²) in [6, 6.07) is 0. The van der Waals surface area contributed by atoms with E-state index in [-0.39, 0.29) is 24.8 Å². The van der Waals surface area contributed by atoms with Crippen LogP contribution in [0.1, 0.15) is 32.6 Å². The Morgan fingerprint density at radius 2 is 1.74 bits per heavy atom. The highest BCUT2D eigenvalue weighted by atomic mass is 16.7. The number of carbonyl (C=O) groups is 2. The maximum atomic E-state index is 11.3. The minimum Gasteiger partial charge on any atom is -0.610 e. The van der Waals surface area contributed by atoms with Gasteiger partial charge in [-0.05, 0) is 6.42 Å². The summed E-state index contributed by atoms with van der Waals surface area (Å²) in [7, 11) is 0. The lowest BCUT2D eigenvalue weighted by atomic mass is 9.49. The molecular weight excluding hydrogens is 243 g/mol. The molecule has 0 atom stereocenters. The van der Waals surface area contributed by atoms with Crippen LogP contribution in [0.15, 0.2) is 36.4 Å². The normalized spacial score (nSPS) is 21.6. The molecule has 2 saturated heterocycles. The summed E-state index contributed by atoms with van der Waals surface area (Å²) < 4.78 is 10.4. The van der Waals surface area contributed by atoms with Gasteiger partial charge in [-0.25, -0.2) is 0 Å². The van der Waals surface area contributed by atoms with Crippen LogP contribution in [0.4, 0.5) is 0 Å². The molecule has 2 aliphatic heterocycles. The minimum absolute atomic E-state index is 0.191. The summed E-state index contributed by atoms with van der Waals surface area (Å²) in [5.41, 5.74) is 0. The Labute approximate surface area is 113 Å². The van der Waals surface area contributed by atoms with Crippen molar-refractivity contribution in [1.29, 1.82) is 0 Å². The van der Waals surface area contributed by atoms with Crippen molar-refractivity contribution in [2.75, 3.05) is 0 Å². The van der Waals surface area contributed by atoms with Crippen LogP contribution < -0.4 is 0 Å². The van der Waals surface area contributed by atoms with Crippen molar-refractivity contribution in [3.8, 4) is 0 Å². The third kappa shape index (κ3) is 3.10. The van der Waals surface area contributed by atoms with Crippen LogP contribution in [0.25, 0.3) is 0 Å². The molecule has 0 aromatic rings. The predicted octanol–water partition coefficient (Wildman–Crippen LogP) is 2.44. The van der Waals surface area contributed by atoms with E-state index in [4.69, 9.17) is 9.31 Å². The lowest BCUT2D eigenvalue weighted by molar-refractivity contribution is -0.138. The molecule has 5 heteroatoms. The quantitative estimate of drug-likeness (QED) is 0.433. The van der Waals surface area contributed by atoms with E-state index < -0.39 is 6.55 Å². The zero-order valence-electron chi connectivity index (χ0n) is 11.0. The van der Waals surface area contributed by atoms with Crippen molar-refractivity contribution in [2.24, 2.45) is 0 Å². The molecule has 2 heterocycles. The lowest BCUT2D eigenvalue weighted by Gasteiger charge is -2.20. The maximum absolute atomic E-state index is 11.3. The van der Waals surface area contributed by atoms with Crippen molar-refractivity contribution < 1.29 is 18.9 Å². The fraction of sp³-hybridized carbons (Fsp3) is 0.357. The summed E-state index contributed by atoms with van der Waals surface area (Å²) in [5, 5.41) is 0. The van der Waals surface area contributed by atoms with E-state index in [1.54, 1.807) is 12.1 Å². The molecule has 0 aliphatic carbocycles. The Kier molecular flexibility index (Phi) is 4.15. The van der Waals surface area contributed by atoms with Crippen molar-refractivity contribution in [1.82, 2.24) is 0 Å². The third-order valence-corrected chi connectivity index (χ3v) is 3.21. The van der Waals surface area contributed by atoms with E-state index in [0.29, 0.717) is 0 Å². The molecule has 0 unspecified atom stereocenters. The topological polar surface area (TPSA) is 52.6 Å². The maximum Gasteiger partial charge on any atom is 0.581 e. The Bertz CT molecular complexity index is 430. The summed E-state index contributed by atoms with van der Waals surface area (Å²) in [6.45, 7) is 0.159. The van der Waals surface area contributed by atoms with E-state index in [9.17, 15) is 9.59 Å². The first-order valence-electron chi connectivity index (χ1n) is 6.61. The molecular formula is C14H17BO4. The smallest absolute Gasteiger partial charge is 0.581 e. The van der Waals surface area contributed by atoms with Crippen LogP contribution in [0.5, 0.6) is 0 Å². The first kappa shape index (κ1) is 13.5. The van der Waals surface area contributed by atoms with Gasteiger partial charge in [0.05, 0.1) is 0 Å². The van der Waals surface area contributed by atoms with Gasteiger partial charge in [0.2, 0.25) is 0 Å². The number of carbonyl (C=O) groups excluding carboxylic acids is 2. The summed E-state index contributed by atoms with van der Waals surface area (Å²) in [4.78, 5) is 22.6. The number of hydrogen-bond acceptors (Lipinski definition) is 4. The average molecular weight is 260 g/mol. The predicted molar refractivity (Wildman–Crippen MR) is 72.7 cm³/mol. The van der Waals surface area contributed by atoms with Crippen LogP contribution in [0, 0.1) is 5.82 Å². The molecule has 2 aliphatic rings. The van der Waals surface area contributed by atoms with Crippen molar-refractivity contribution in [3.05, 3.63) is 42.2 Å². The fourth-order valence-corrected chi connectivity index (χ4v) is 2.28. The van der Waals surface area contributed by atoms with E-state index in [1.165, 1.54) is 0 Å². The molecule has 2 fully saturated rings. The largest absolute Gasteiger partial charge is 0.610 e. The van der Waals surface area contributed by atoms with Gasteiger partial charge in [-0.3, -0.25) is 9.59 Å². The van der Waals surface area contributed by atoms with Gasteiger partial charge in [-0.2, -0.15) is 0 Å². The van der Waals surface area contributed by atoms with E-state index >= 15 is 0 Å². The fourth-order valence-electron chi connectivity index (χ4n) is 2.28. The van der Waals surface area contributed by atoms with Gasteiger partial charge in [-0.15, -0.1) is 5.98 Å². The minimum atomic E-state index is -1.96. The molecule has 0 N–H and O–H groups in total. The molecule has 0 aromatic heterocycles. The van der Waals surface area contributed by atoms with Gasteiger partial charge in [0.15, 0.2) is 0 Å². The first-order valence-corrected chi connectivity index (χ1v) is 6.61. The highest BCUT2D eigenvalue weighted by molar-refractivity contribution is 6.84. The van der Waals surface area contributed by atoms with Crippen LogP contribution in [-0.4, -0.2) is 18.5 Å². The SMILES string of the molecule is CCC/C=C/C=C\C=C\[B-]12OC(=O)C[C+]1CC(=O)O2. The van der Waals surface area contributed by atoms with Gasteiger partial charge in [0.25, 0.3) is 0 Å². The van der Waals surface area contributed by atoms with Crippen LogP contribution in [-0.2, 0) is 18.9 Å². The summed E-state index contributed by atoms with van der Waals surface area (Å²) in [6.07, 6.45) is 12.1. The Balaban J connectivity index is 1.96. The second-order valence-corrected chi connectivity index (χ2v) is 4.75. The van der Waals surface area contributed by atoms with E-state index in [2.05, 4.69) is 13.0 Å². The number of rotatable bonds is 5. The summed E-state index contributed by atoms with van der Waals surface area (Å²) in [5.74, 6) is 1.79. The molecule has 0 bridgehead atoms. The number of fused-ring (bicyclic) bond motifs is 1. The zero-order chi connectivity index (χ0) is 13.7. The van der Waals surface area contributed by atoms with Gasteiger partial charge < -0.3 is 9.31 Å². The van der Waals surface area contributed by atoms with Gasteiger partial charge in [0, 0.05) is 5.82 Å². The zero-order valence-corrected chi connectivity index (χ0v) is 11.0. The third-order valence-electron chi connectivity index (χ3n) is 3.21. The van der Waals surface area contributed by atoms with E-state index in [0.717, 1.165) is 18.7 Å². The molecule has 2 rings (SSSR count). The standard InChI is InChI=1S/C14H17BO4/c1-2-3-4-5-6-7-8-9-15-12(10-13(16)18-15)11-14(17)19-15/h4-9H,2-3,10-11H2,1H3/b5-4+,7-6-,9-8+. The van der Waals surface area contributed by atoms with Crippen molar-refractivity contribution in [2.45, 2.75) is 32.6 Å². The molecule has 0 spiro atoms. The summed E-state index contributed by atoms with van der Waals surface area (Å²) >= 11 is 0. The molecule has 4 nitrogen and oxygen atoms in total. The Hall–Kier alpha value is -1.91.